The quantitative estimate of drug-likeness (QED) is 0.864. The number of piperidine rings is 1. The monoisotopic (exact) mass is 384 g/mol. The van der Waals surface area contributed by atoms with Crippen molar-refractivity contribution >= 4 is 22.0 Å². The number of halogens is 1. The molecule has 126 valence electrons. The molecule has 0 aromatic heterocycles. The van der Waals surface area contributed by atoms with Gasteiger partial charge in [-0.2, -0.15) is 0 Å². The van der Waals surface area contributed by atoms with Crippen molar-refractivity contribution in [3.63, 3.8) is 0 Å². The fraction of sp³-hybridized carbons (Fsp3) is 0.562. The van der Waals surface area contributed by atoms with Gasteiger partial charge in [0, 0.05) is 25.7 Å². The number of carbonyl (C=O) groups excluding carboxylic acids is 1. The molecule has 1 amide bonds. The lowest BCUT2D eigenvalue weighted by molar-refractivity contribution is 0.0950. The van der Waals surface area contributed by atoms with Gasteiger partial charge < -0.3 is 24.4 Å². The maximum Gasteiger partial charge on any atom is 0.409 e. The van der Waals surface area contributed by atoms with Crippen LogP contribution in [0.4, 0.5) is 4.79 Å². The van der Waals surface area contributed by atoms with Gasteiger partial charge in [-0.15, -0.1) is 0 Å². The maximum atomic E-state index is 11.7. The van der Waals surface area contributed by atoms with Crippen LogP contribution in [-0.4, -0.2) is 43.5 Å². The first-order chi connectivity index (χ1) is 11.2. The van der Waals surface area contributed by atoms with Crippen molar-refractivity contribution in [2.75, 3.05) is 26.5 Å². The van der Waals surface area contributed by atoms with E-state index >= 15 is 0 Å². The second kappa shape index (κ2) is 7.40. The molecule has 6 nitrogen and oxygen atoms in total. The highest BCUT2D eigenvalue weighted by atomic mass is 79.9. The van der Waals surface area contributed by atoms with Gasteiger partial charge in [0.15, 0.2) is 11.5 Å². The van der Waals surface area contributed by atoms with Gasteiger partial charge >= 0.3 is 6.09 Å². The van der Waals surface area contributed by atoms with E-state index in [-0.39, 0.29) is 12.9 Å². The number of likely N-dealkylation sites (tertiary alicyclic amines) is 1. The molecule has 0 unspecified atom stereocenters. The molecule has 0 radical (unpaired) electrons. The first kappa shape index (κ1) is 16.4. The van der Waals surface area contributed by atoms with Crippen LogP contribution in [-0.2, 0) is 11.3 Å². The summed E-state index contributed by atoms with van der Waals surface area (Å²) in [6.45, 7) is 4.77. The van der Waals surface area contributed by atoms with Crippen LogP contribution in [0.3, 0.4) is 0 Å². The number of ether oxygens (including phenoxy) is 3. The molecule has 0 spiro atoms. The molecule has 2 aliphatic heterocycles. The standard InChI is InChI=1S/C16H21BrN2O4/c1-2-21-16(20)19-5-3-12(4-6-19)18-9-11-7-13(17)15-14(8-11)22-10-23-15/h7-8,12,18H,2-6,9-10H2,1H3. The number of nitrogens with one attached hydrogen (secondary N) is 1. The molecule has 0 aliphatic carbocycles. The summed E-state index contributed by atoms with van der Waals surface area (Å²) in [5.41, 5.74) is 1.15. The minimum atomic E-state index is -0.203. The lowest BCUT2D eigenvalue weighted by Gasteiger charge is -2.31. The Morgan fingerprint density at radius 1 is 1.39 bits per heavy atom. The molecular formula is C16H21BrN2O4. The van der Waals surface area contributed by atoms with Crippen LogP contribution < -0.4 is 14.8 Å². The third kappa shape index (κ3) is 3.90. The molecule has 0 atom stereocenters. The molecule has 1 aromatic rings. The minimum Gasteiger partial charge on any atom is -0.454 e. The van der Waals surface area contributed by atoms with Crippen LogP contribution in [0.1, 0.15) is 25.3 Å². The molecule has 23 heavy (non-hydrogen) atoms. The zero-order valence-corrected chi connectivity index (χ0v) is 14.7. The predicted octanol–water partition coefficient (Wildman–Crippen LogP) is 2.89. The number of hydrogen-bond acceptors (Lipinski definition) is 5. The maximum absolute atomic E-state index is 11.7. The molecule has 2 heterocycles. The van der Waals surface area contributed by atoms with Gasteiger partial charge in [-0.05, 0) is 53.4 Å². The van der Waals surface area contributed by atoms with Crippen LogP contribution >= 0.6 is 15.9 Å². The first-order valence-electron chi connectivity index (χ1n) is 7.90. The summed E-state index contributed by atoms with van der Waals surface area (Å²) in [5, 5.41) is 3.55. The van der Waals surface area contributed by atoms with E-state index < -0.39 is 0 Å². The molecule has 3 rings (SSSR count). The highest BCUT2D eigenvalue weighted by molar-refractivity contribution is 9.10. The van der Waals surface area contributed by atoms with Gasteiger partial charge in [0.1, 0.15) is 0 Å². The van der Waals surface area contributed by atoms with E-state index in [2.05, 4.69) is 21.2 Å². The van der Waals surface area contributed by atoms with E-state index in [0.29, 0.717) is 12.6 Å². The minimum absolute atomic E-state index is 0.203. The van der Waals surface area contributed by atoms with Gasteiger partial charge in [-0.25, -0.2) is 4.79 Å². The van der Waals surface area contributed by atoms with Crippen molar-refractivity contribution in [1.29, 1.82) is 0 Å². The van der Waals surface area contributed by atoms with Crippen molar-refractivity contribution in [3.8, 4) is 11.5 Å². The van der Waals surface area contributed by atoms with Gasteiger partial charge in [-0.1, -0.05) is 0 Å². The average molecular weight is 385 g/mol. The Kier molecular flexibility index (Phi) is 5.27. The van der Waals surface area contributed by atoms with Crippen LogP contribution in [0.15, 0.2) is 16.6 Å². The molecule has 1 aromatic carbocycles. The Bertz CT molecular complexity index is 573. The average Bonchev–Trinajstić information content (AvgIpc) is 3.03. The van der Waals surface area contributed by atoms with Crippen molar-refractivity contribution < 1.29 is 19.0 Å². The smallest absolute Gasteiger partial charge is 0.409 e. The fourth-order valence-electron chi connectivity index (χ4n) is 2.87. The summed E-state index contributed by atoms with van der Waals surface area (Å²) in [7, 11) is 0. The Hall–Kier alpha value is -1.47. The highest BCUT2D eigenvalue weighted by Gasteiger charge is 2.23. The summed E-state index contributed by atoms with van der Waals surface area (Å²) in [6.07, 6.45) is 1.67. The lowest BCUT2D eigenvalue weighted by Crippen LogP contribution is -2.44. The molecule has 0 saturated carbocycles. The van der Waals surface area contributed by atoms with Gasteiger partial charge in [0.25, 0.3) is 0 Å². The van der Waals surface area contributed by atoms with Crippen molar-refractivity contribution in [2.24, 2.45) is 0 Å². The number of nitrogens with zero attached hydrogens (tertiary/aromatic N) is 1. The largest absolute Gasteiger partial charge is 0.454 e. The highest BCUT2D eigenvalue weighted by Crippen LogP contribution is 2.39. The van der Waals surface area contributed by atoms with Crippen molar-refractivity contribution in [2.45, 2.75) is 32.4 Å². The summed E-state index contributed by atoms with van der Waals surface area (Å²) in [6, 6.07) is 4.46. The Balaban J connectivity index is 1.49. The molecule has 1 N–H and O–H groups in total. The Labute approximate surface area is 144 Å². The van der Waals surface area contributed by atoms with Crippen LogP contribution in [0, 0.1) is 0 Å². The first-order valence-corrected chi connectivity index (χ1v) is 8.69. The lowest BCUT2D eigenvalue weighted by atomic mass is 10.0. The predicted molar refractivity (Wildman–Crippen MR) is 88.7 cm³/mol. The fourth-order valence-corrected chi connectivity index (χ4v) is 3.47. The Morgan fingerprint density at radius 2 is 2.17 bits per heavy atom. The van der Waals surface area contributed by atoms with E-state index in [0.717, 1.165) is 54.0 Å². The third-order valence-electron chi connectivity index (χ3n) is 4.10. The van der Waals surface area contributed by atoms with Gasteiger partial charge in [0.2, 0.25) is 6.79 Å². The second-order valence-corrected chi connectivity index (χ2v) is 6.51. The molecule has 2 aliphatic rings. The second-order valence-electron chi connectivity index (χ2n) is 5.65. The summed E-state index contributed by atoms with van der Waals surface area (Å²) >= 11 is 3.51. The third-order valence-corrected chi connectivity index (χ3v) is 4.69. The van der Waals surface area contributed by atoms with Crippen LogP contribution in [0.5, 0.6) is 11.5 Å². The van der Waals surface area contributed by atoms with Crippen molar-refractivity contribution in [1.82, 2.24) is 10.2 Å². The number of carbonyl (C=O) groups is 1. The topological polar surface area (TPSA) is 60.0 Å². The van der Waals surface area contributed by atoms with E-state index in [1.54, 1.807) is 4.90 Å². The molecule has 0 bridgehead atoms. The summed E-state index contributed by atoms with van der Waals surface area (Å²) in [5.74, 6) is 1.56. The van der Waals surface area contributed by atoms with E-state index in [1.807, 2.05) is 19.1 Å². The van der Waals surface area contributed by atoms with E-state index in [4.69, 9.17) is 14.2 Å². The number of benzene rings is 1. The SMILES string of the molecule is CCOC(=O)N1CCC(NCc2cc(Br)c3c(c2)OCO3)CC1. The number of fused-ring (bicyclic) bond motifs is 1. The number of amides is 1. The zero-order chi connectivity index (χ0) is 16.2. The Morgan fingerprint density at radius 3 is 2.91 bits per heavy atom. The molecular weight excluding hydrogens is 364 g/mol. The molecule has 1 saturated heterocycles. The molecule has 1 fully saturated rings. The molecule has 7 heteroatoms. The number of rotatable bonds is 4. The van der Waals surface area contributed by atoms with Gasteiger partial charge in [-0.3, -0.25) is 0 Å². The van der Waals surface area contributed by atoms with Gasteiger partial charge in [0.05, 0.1) is 11.1 Å². The van der Waals surface area contributed by atoms with Crippen LogP contribution in [0.25, 0.3) is 0 Å². The zero-order valence-electron chi connectivity index (χ0n) is 13.1. The summed E-state index contributed by atoms with van der Waals surface area (Å²) in [4.78, 5) is 13.5. The summed E-state index contributed by atoms with van der Waals surface area (Å²) < 4.78 is 16.8. The number of hydrogen-bond donors (Lipinski definition) is 1. The van der Waals surface area contributed by atoms with Crippen molar-refractivity contribution in [3.05, 3.63) is 22.2 Å². The van der Waals surface area contributed by atoms with Crippen LogP contribution in [0.2, 0.25) is 0 Å². The van der Waals surface area contributed by atoms with E-state index in [9.17, 15) is 4.79 Å². The normalized spacial score (nSPS) is 17.4. The van der Waals surface area contributed by atoms with E-state index in [1.165, 1.54) is 0 Å².